The van der Waals surface area contributed by atoms with Gasteiger partial charge in [-0.15, -0.1) is 0 Å². The van der Waals surface area contributed by atoms with Gasteiger partial charge >= 0.3 is 0 Å². The second-order valence-corrected chi connectivity index (χ2v) is 6.19. The maximum atomic E-state index is 12.3. The molecular weight excluding hydrogens is 278 g/mol. The van der Waals surface area contributed by atoms with E-state index in [9.17, 15) is 8.42 Å². The lowest BCUT2D eigenvalue weighted by Crippen LogP contribution is -2.34. The van der Waals surface area contributed by atoms with Gasteiger partial charge in [0.05, 0.1) is 19.6 Å². The van der Waals surface area contributed by atoms with E-state index in [0.29, 0.717) is 12.2 Å². The molecule has 1 aromatic heterocycles. The Morgan fingerprint density at radius 2 is 2.05 bits per heavy atom. The van der Waals surface area contributed by atoms with Crippen LogP contribution in [0.25, 0.3) is 0 Å². The minimum Gasteiger partial charge on any atom is -0.495 e. The molecule has 2 aromatic rings. The van der Waals surface area contributed by atoms with E-state index in [1.807, 2.05) is 6.07 Å². The summed E-state index contributed by atoms with van der Waals surface area (Å²) in [6.07, 6.45) is 3.73. The third-order valence-electron chi connectivity index (χ3n) is 2.84. The number of methoxy groups -OCH3 is 1. The number of para-hydroxylation sites is 1. The van der Waals surface area contributed by atoms with Crippen molar-refractivity contribution < 1.29 is 17.6 Å². The minimum atomic E-state index is -3.61. The maximum Gasteiger partial charge on any atom is 0.244 e. The summed E-state index contributed by atoms with van der Waals surface area (Å²) in [5, 5.41) is 0. The first-order valence-corrected chi connectivity index (χ1v) is 7.67. The molecular formula is C14H17NO4S. The largest absolute Gasteiger partial charge is 0.495 e. The van der Waals surface area contributed by atoms with Crippen LogP contribution in [0.2, 0.25) is 0 Å². The van der Waals surface area contributed by atoms with Gasteiger partial charge in [-0.1, -0.05) is 12.1 Å². The molecule has 1 aromatic carbocycles. The Bertz CT molecular complexity index is 650. The highest BCUT2D eigenvalue weighted by molar-refractivity contribution is 7.89. The molecule has 0 spiro atoms. The van der Waals surface area contributed by atoms with Crippen molar-refractivity contribution in [2.45, 2.75) is 24.3 Å². The van der Waals surface area contributed by atoms with Gasteiger partial charge in [0.15, 0.2) is 0 Å². The average Bonchev–Trinajstić information content (AvgIpc) is 2.90. The normalized spacial score (nSPS) is 13.1. The first kappa shape index (κ1) is 14.6. The number of benzene rings is 1. The fourth-order valence-corrected chi connectivity index (χ4v) is 3.39. The van der Waals surface area contributed by atoms with Crippen LogP contribution < -0.4 is 9.46 Å². The highest BCUT2D eigenvalue weighted by atomic mass is 32.2. The van der Waals surface area contributed by atoms with E-state index in [1.165, 1.54) is 13.2 Å². The van der Waals surface area contributed by atoms with E-state index in [1.54, 1.807) is 37.6 Å². The maximum absolute atomic E-state index is 12.3. The zero-order chi connectivity index (χ0) is 14.6. The molecule has 0 aliphatic heterocycles. The van der Waals surface area contributed by atoms with Crippen LogP contribution in [0, 0.1) is 0 Å². The van der Waals surface area contributed by atoms with E-state index >= 15 is 0 Å². The molecule has 108 valence electrons. The lowest BCUT2D eigenvalue weighted by molar-refractivity contribution is 0.402. The Labute approximate surface area is 118 Å². The number of rotatable bonds is 6. The Kier molecular flexibility index (Phi) is 4.46. The molecule has 0 saturated carbocycles. The number of hydrogen-bond donors (Lipinski definition) is 1. The third-order valence-corrected chi connectivity index (χ3v) is 4.47. The van der Waals surface area contributed by atoms with Gasteiger partial charge < -0.3 is 9.15 Å². The van der Waals surface area contributed by atoms with Crippen LogP contribution in [0.15, 0.2) is 52.2 Å². The lowest BCUT2D eigenvalue weighted by Gasteiger charge is -2.15. The van der Waals surface area contributed by atoms with Gasteiger partial charge in [0.2, 0.25) is 10.0 Å². The predicted molar refractivity (Wildman–Crippen MR) is 75.2 cm³/mol. The summed E-state index contributed by atoms with van der Waals surface area (Å²) < 4.78 is 37.4. The fourth-order valence-electron chi connectivity index (χ4n) is 1.97. The molecule has 0 aliphatic carbocycles. The van der Waals surface area contributed by atoms with Crippen molar-refractivity contribution in [2.75, 3.05) is 7.11 Å². The molecule has 0 aliphatic rings. The van der Waals surface area contributed by atoms with Gasteiger partial charge in [0, 0.05) is 6.04 Å². The van der Waals surface area contributed by atoms with Crippen molar-refractivity contribution in [3.63, 3.8) is 0 Å². The number of hydrogen-bond acceptors (Lipinski definition) is 4. The van der Waals surface area contributed by atoms with Crippen LogP contribution in [0.5, 0.6) is 5.75 Å². The van der Waals surface area contributed by atoms with E-state index in [2.05, 4.69) is 4.72 Å². The Morgan fingerprint density at radius 1 is 1.30 bits per heavy atom. The summed E-state index contributed by atoms with van der Waals surface area (Å²) in [6.45, 7) is 1.81. The molecule has 0 bridgehead atoms. The van der Waals surface area contributed by atoms with Gasteiger partial charge in [0.1, 0.15) is 10.6 Å². The Morgan fingerprint density at radius 3 is 2.70 bits per heavy atom. The predicted octanol–water partition coefficient (Wildman–Crippen LogP) is 2.20. The highest BCUT2D eigenvalue weighted by Gasteiger charge is 2.21. The molecule has 2 rings (SSSR count). The topological polar surface area (TPSA) is 68.5 Å². The summed E-state index contributed by atoms with van der Waals surface area (Å²) >= 11 is 0. The molecule has 6 heteroatoms. The van der Waals surface area contributed by atoms with E-state index in [0.717, 1.165) is 5.56 Å². The van der Waals surface area contributed by atoms with Gasteiger partial charge in [0.25, 0.3) is 0 Å². The highest BCUT2D eigenvalue weighted by Crippen LogP contribution is 2.23. The lowest BCUT2D eigenvalue weighted by atomic mass is 10.1. The summed E-state index contributed by atoms with van der Waals surface area (Å²) in [5.74, 6) is 0.329. The standard InChI is InChI=1S/C14H17NO4S/c1-11(9-12-7-8-19-10-12)15-20(16,17)14-6-4-3-5-13(14)18-2/h3-8,10-11,15H,9H2,1-2H3/t11-/m0/s1. The first-order chi connectivity index (χ1) is 9.53. The summed E-state index contributed by atoms with van der Waals surface area (Å²) in [7, 11) is -2.16. The summed E-state index contributed by atoms with van der Waals surface area (Å²) in [6, 6.07) is 8.10. The molecule has 0 fully saturated rings. The van der Waals surface area contributed by atoms with Crippen LogP contribution in [-0.4, -0.2) is 21.6 Å². The van der Waals surface area contributed by atoms with Crippen molar-refractivity contribution >= 4 is 10.0 Å². The molecule has 20 heavy (non-hydrogen) atoms. The quantitative estimate of drug-likeness (QED) is 0.887. The monoisotopic (exact) mass is 295 g/mol. The van der Waals surface area contributed by atoms with Crippen LogP contribution >= 0.6 is 0 Å². The van der Waals surface area contributed by atoms with Gasteiger partial charge in [-0.05, 0) is 37.1 Å². The van der Waals surface area contributed by atoms with Gasteiger partial charge in [-0.25, -0.2) is 13.1 Å². The molecule has 0 unspecified atom stereocenters. The molecule has 1 N–H and O–H groups in total. The van der Waals surface area contributed by atoms with Crippen molar-refractivity contribution in [3.8, 4) is 5.75 Å². The van der Waals surface area contributed by atoms with Crippen molar-refractivity contribution in [1.82, 2.24) is 4.72 Å². The minimum absolute atomic E-state index is 0.140. The Balaban J connectivity index is 2.14. The second-order valence-electron chi connectivity index (χ2n) is 4.51. The van der Waals surface area contributed by atoms with Gasteiger partial charge in [-0.2, -0.15) is 0 Å². The van der Waals surface area contributed by atoms with E-state index < -0.39 is 10.0 Å². The number of furan rings is 1. The fraction of sp³-hybridized carbons (Fsp3) is 0.286. The van der Waals surface area contributed by atoms with Crippen LogP contribution in [0.4, 0.5) is 0 Å². The summed E-state index contributed by atoms with van der Waals surface area (Å²) in [4.78, 5) is 0.140. The molecule has 0 radical (unpaired) electrons. The molecule has 1 atom stereocenters. The first-order valence-electron chi connectivity index (χ1n) is 6.19. The smallest absolute Gasteiger partial charge is 0.244 e. The molecule has 5 nitrogen and oxygen atoms in total. The Hall–Kier alpha value is -1.79. The summed E-state index contributed by atoms with van der Waals surface area (Å²) in [5.41, 5.74) is 0.945. The molecule has 0 saturated heterocycles. The zero-order valence-corrected chi connectivity index (χ0v) is 12.2. The van der Waals surface area contributed by atoms with Crippen molar-refractivity contribution in [1.29, 1.82) is 0 Å². The van der Waals surface area contributed by atoms with Crippen molar-refractivity contribution in [3.05, 3.63) is 48.4 Å². The van der Waals surface area contributed by atoms with E-state index in [4.69, 9.17) is 9.15 Å². The average molecular weight is 295 g/mol. The second kappa shape index (κ2) is 6.11. The van der Waals surface area contributed by atoms with Crippen LogP contribution in [-0.2, 0) is 16.4 Å². The van der Waals surface area contributed by atoms with Crippen molar-refractivity contribution in [2.24, 2.45) is 0 Å². The SMILES string of the molecule is COc1ccccc1S(=O)(=O)N[C@@H](C)Cc1ccoc1. The van der Waals surface area contributed by atoms with Gasteiger partial charge in [-0.3, -0.25) is 0 Å². The van der Waals surface area contributed by atoms with Crippen LogP contribution in [0.1, 0.15) is 12.5 Å². The van der Waals surface area contributed by atoms with E-state index in [-0.39, 0.29) is 10.9 Å². The van der Waals surface area contributed by atoms with Crippen LogP contribution in [0.3, 0.4) is 0 Å². The zero-order valence-electron chi connectivity index (χ0n) is 11.4. The molecule has 1 heterocycles. The number of ether oxygens (including phenoxy) is 1. The number of nitrogens with one attached hydrogen (secondary N) is 1. The number of sulfonamides is 1. The molecule has 0 amide bonds. The third kappa shape index (κ3) is 3.40.